The van der Waals surface area contributed by atoms with Gasteiger partial charge in [0.05, 0.1) is 22.8 Å². The van der Waals surface area contributed by atoms with Gasteiger partial charge in [0, 0.05) is 10.9 Å². The largest absolute Gasteiger partial charge is 0.452 e. The molecule has 1 heterocycles. The normalized spacial score (nSPS) is 15.0. The first-order chi connectivity index (χ1) is 14.9. The fourth-order valence-electron chi connectivity index (χ4n) is 3.53. The molecule has 0 aliphatic heterocycles. The average Bonchev–Trinajstić information content (AvgIpc) is 3.63. The number of carbonyl (C=O) groups excluding carboxylic acids is 2. The van der Waals surface area contributed by atoms with Crippen molar-refractivity contribution in [1.82, 2.24) is 10.3 Å². The molecule has 2 aromatic carbocycles. The van der Waals surface area contributed by atoms with Crippen LogP contribution in [0.5, 0.6) is 0 Å². The van der Waals surface area contributed by atoms with Gasteiger partial charge in [0.25, 0.3) is 5.91 Å². The Kier molecular flexibility index (Phi) is 5.38. The monoisotopic (exact) mass is 417 g/mol. The van der Waals surface area contributed by atoms with Crippen molar-refractivity contribution < 1.29 is 18.7 Å². The second kappa shape index (κ2) is 8.15. The summed E-state index contributed by atoms with van der Waals surface area (Å²) in [5, 5.41) is 12.6. The van der Waals surface area contributed by atoms with Crippen LogP contribution in [0.1, 0.15) is 30.1 Å². The number of rotatable bonds is 6. The average molecular weight is 417 g/mol. The summed E-state index contributed by atoms with van der Waals surface area (Å²) in [7, 11) is 0. The fraction of sp³-hybridized carbons (Fsp3) is 0.250. The van der Waals surface area contributed by atoms with Crippen LogP contribution in [-0.4, -0.2) is 29.0 Å². The molecule has 0 unspecified atom stereocenters. The summed E-state index contributed by atoms with van der Waals surface area (Å²) in [4.78, 5) is 29.7. The lowest BCUT2D eigenvalue weighted by atomic mass is 9.98. The SMILES string of the molecule is C[C@@](C#N)(NC(=O)COC(=O)c1cc(-c2ccc(F)cc2)nc2ccccc12)C1CC1. The van der Waals surface area contributed by atoms with E-state index in [1.165, 1.54) is 12.1 Å². The Balaban J connectivity index is 1.56. The Hall–Kier alpha value is -3.79. The molecule has 0 radical (unpaired) electrons. The van der Waals surface area contributed by atoms with Crippen molar-refractivity contribution in [2.24, 2.45) is 5.92 Å². The van der Waals surface area contributed by atoms with Crippen molar-refractivity contribution in [3.05, 3.63) is 66.0 Å². The minimum absolute atomic E-state index is 0.125. The molecule has 7 heteroatoms. The first-order valence-electron chi connectivity index (χ1n) is 9.95. The van der Waals surface area contributed by atoms with Crippen LogP contribution < -0.4 is 5.32 Å². The summed E-state index contributed by atoms with van der Waals surface area (Å²) in [6.45, 7) is 1.18. The number of benzene rings is 2. The Bertz CT molecular complexity index is 1200. The smallest absolute Gasteiger partial charge is 0.339 e. The van der Waals surface area contributed by atoms with E-state index in [4.69, 9.17) is 4.74 Å². The molecule has 3 aromatic rings. The first-order valence-corrected chi connectivity index (χ1v) is 9.95. The van der Waals surface area contributed by atoms with Crippen LogP contribution in [0.25, 0.3) is 22.2 Å². The van der Waals surface area contributed by atoms with Gasteiger partial charge in [0.1, 0.15) is 11.4 Å². The maximum absolute atomic E-state index is 13.3. The van der Waals surface area contributed by atoms with Crippen molar-refractivity contribution in [3.63, 3.8) is 0 Å². The predicted octanol–water partition coefficient (Wildman–Crippen LogP) is 4.01. The van der Waals surface area contributed by atoms with Crippen LogP contribution in [0.2, 0.25) is 0 Å². The second-order valence-corrected chi connectivity index (χ2v) is 7.79. The highest BCUT2D eigenvalue weighted by molar-refractivity contribution is 6.05. The zero-order valence-corrected chi connectivity index (χ0v) is 16.9. The third-order valence-corrected chi connectivity index (χ3v) is 5.44. The lowest BCUT2D eigenvalue weighted by Gasteiger charge is -2.22. The number of ether oxygens (including phenoxy) is 1. The van der Waals surface area contributed by atoms with Gasteiger partial charge in [-0.25, -0.2) is 14.2 Å². The molecule has 1 aliphatic carbocycles. The lowest BCUT2D eigenvalue weighted by Crippen LogP contribution is -2.48. The molecule has 1 fully saturated rings. The molecule has 1 aromatic heterocycles. The fourth-order valence-corrected chi connectivity index (χ4v) is 3.53. The number of pyridine rings is 1. The number of nitriles is 1. The molecular weight excluding hydrogens is 397 g/mol. The summed E-state index contributed by atoms with van der Waals surface area (Å²) in [6.07, 6.45) is 1.78. The van der Waals surface area contributed by atoms with Crippen LogP contribution in [0, 0.1) is 23.1 Å². The third kappa shape index (κ3) is 4.38. The number of amides is 1. The predicted molar refractivity (Wildman–Crippen MR) is 112 cm³/mol. The minimum atomic E-state index is -0.956. The van der Waals surface area contributed by atoms with E-state index in [0.29, 0.717) is 22.2 Å². The van der Waals surface area contributed by atoms with E-state index in [0.717, 1.165) is 12.8 Å². The number of esters is 1. The standard InChI is InChI=1S/C24H20FN3O3/c1-24(14-26,16-8-9-16)28-22(29)13-31-23(30)19-12-21(15-6-10-17(25)11-7-15)27-20-5-3-2-4-18(19)20/h2-7,10-12,16H,8-9,13H2,1H3,(H,28,29)/t24-/m0/s1. The summed E-state index contributed by atoms with van der Waals surface area (Å²) < 4.78 is 18.5. The van der Waals surface area contributed by atoms with Crippen molar-refractivity contribution in [2.45, 2.75) is 25.3 Å². The number of carbonyl (C=O) groups is 2. The molecule has 0 bridgehead atoms. The zero-order chi connectivity index (χ0) is 22.0. The van der Waals surface area contributed by atoms with Gasteiger partial charge in [-0.05, 0) is 62.1 Å². The van der Waals surface area contributed by atoms with E-state index in [9.17, 15) is 19.2 Å². The molecule has 1 N–H and O–H groups in total. The number of para-hydroxylation sites is 1. The van der Waals surface area contributed by atoms with Crippen molar-refractivity contribution >= 4 is 22.8 Å². The highest BCUT2D eigenvalue weighted by atomic mass is 19.1. The van der Waals surface area contributed by atoms with Gasteiger partial charge in [0.2, 0.25) is 0 Å². The molecular formula is C24H20FN3O3. The van der Waals surface area contributed by atoms with Gasteiger partial charge in [-0.3, -0.25) is 4.79 Å². The van der Waals surface area contributed by atoms with Crippen molar-refractivity contribution in [1.29, 1.82) is 5.26 Å². The first kappa shape index (κ1) is 20.5. The van der Waals surface area contributed by atoms with Gasteiger partial charge in [-0.15, -0.1) is 0 Å². The third-order valence-electron chi connectivity index (χ3n) is 5.44. The topological polar surface area (TPSA) is 92.1 Å². The molecule has 0 spiro atoms. The Labute approximate surface area is 178 Å². The Morgan fingerprint density at radius 3 is 2.61 bits per heavy atom. The molecule has 1 saturated carbocycles. The molecule has 1 aliphatic rings. The quantitative estimate of drug-likeness (QED) is 0.612. The number of nitrogens with zero attached hydrogens (tertiary/aromatic N) is 2. The molecule has 6 nitrogen and oxygen atoms in total. The Morgan fingerprint density at radius 1 is 1.23 bits per heavy atom. The molecule has 4 rings (SSSR count). The van der Waals surface area contributed by atoms with Gasteiger partial charge in [-0.2, -0.15) is 5.26 Å². The van der Waals surface area contributed by atoms with E-state index in [1.54, 1.807) is 49.4 Å². The van der Waals surface area contributed by atoms with Gasteiger partial charge in [-0.1, -0.05) is 18.2 Å². The lowest BCUT2D eigenvalue weighted by molar-refractivity contribution is -0.125. The number of halogens is 1. The maximum Gasteiger partial charge on any atom is 0.339 e. The van der Waals surface area contributed by atoms with Crippen LogP contribution >= 0.6 is 0 Å². The van der Waals surface area contributed by atoms with Gasteiger partial charge in [0.15, 0.2) is 6.61 Å². The highest BCUT2D eigenvalue weighted by Gasteiger charge is 2.43. The maximum atomic E-state index is 13.3. The van der Waals surface area contributed by atoms with Gasteiger partial charge < -0.3 is 10.1 Å². The van der Waals surface area contributed by atoms with E-state index >= 15 is 0 Å². The number of nitrogens with one attached hydrogen (secondary N) is 1. The molecule has 1 amide bonds. The van der Waals surface area contributed by atoms with Crippen LogP contribution in [0.3, 0.4) is 0 Å². The summed E-state index contributed by atoms with van der Waals surface area (Å²) in [6, 6.07) is 16.6. The van der Waals surface area contributed by atoms with E-state index in [2.05, 4.69) is 16.4 Å². The second-order valence-electron chi connectivity index (χ2n) is 7.79. The molecule has 31 heavy (non-hydrogen) atoms. The van der Waals surface area contributed by atoms with E-state index < -0.39 is 24.0 Å². The van der Waals surface area contributed by atoms with Crippen molar-refractivity contribution in [3.8, 4) is 17.3 Å². The summed E-state index contributed by atoms with van der Waals surface area (Å²) >= 11 is 0. The minimum Gasteiger partial charge on any atom is -0.452 e. The number of hydrogen-bond acceptors (Lipinski definition) is 5. The number of aromatic nitrogens is 1. The summed E-state index contributed by atoms with van der Waals surface area (Å²) in [5.41, 5.74) is 1.01. The van der Waals surface area contributed by atoms with Gasteiger partial charge >= 0.3 is 5.97 Å². The zero-order valence-electron chi connectivity index (χ0n) is 16.9. The van der Waals surface area contributed by atoms with Crippen molar-refractivity contribution in [2.75, 3.05) is 6.61 Å². The van der Waals surface area contributed by atoms with Crippen LogP contribution in [0.4, 0.5) is 4.39 Å². The molecule has 1 atom stereocenters. The Morgan fingerprint density at radius 2 is 1.94 bits per heavy atom. The number of fused-ring (bicyclic) bond motifs is 1. The number of hydrogen-bond donors (Lipinski definition) is 1. The van der Waals surface area contributed by atoms with Crippen LogP contribution in [-0.2, 0) is 9.53 Å². The van der Waals surface area contributed by atoms with E-state index in [1.807, 2.05) is 0 Å². The highest BCUT2D eigenvalue weighted by Crippen LogP contribution is 2.39. The molecule has 156 valence electrons. The van der Waals surface area contributed by atoms with E-state index in [-0.39, 0.29) is 17.3 Å². The van der Waals surface area contributed by atoms with Crippen LogP contribution in [0.15, 0.2) is 54.6 Å². The molecule has 0 saturated heterocycles. The summed E-state index contributed by atoms with van der Waals surface area (Å²) in [5.74, 6) is -1.45.